The van der Waals surface area contributed by atoms with Crippen molar-refractivity contribution >= 4 is 25.6 Å². The Bertz CT molecular complexity index is 1500. The van der Waals surface area contributed by atoms with Crippen LogP contribution in [0.4, 0.5) is 0 Å². The molecule has 0 bridgehead atoms. The molecule has 1 aliphatic rings. The average molecular weight is 526 g/mol. The molecule has 6 nitrogen and oxygen atoms in total. The number of hydrogen-bond donors (Lipinski definition) is 0. The second kappa shape index (κ2) is 9.92. The number of benzene rings is 3. The Labute approximate surface area is 213 Å². The van der Waals surface area contributed by atoms with E-state index in [1.807, 2.05) is 43.3 Å². The fraction of sp³-hybridized carbons (Fsp3) is 0.321. The lowest BCUT2D eigenvalue weighted by Crippen LogP contribution is -2.48. The van der Waals surface area contributed by atoms with Gasteiger partial charge in [-0.1, -0.05) is 54.1 Å². The molecule has 3 aromatic rings. The SMILES string of the molecule is Cc1cc(C)c(S(=O)(=O)N2Cc3ccccc3CC2C(=O)CCc2ccc(S(C)(=O)=O)cc2)c(C)c1. The quantitative estimate of drug-likeness (QED) is 0.458. The Morgan fingerprint density at radius 1 is 0.889 bits per heavy atom. The summed E-state index contributed by atoms with van der Waals surface area (Å²) in [6, 6.07) is 17.0. The van der Waals surface area contributed by atoms with Gasteiger partial charge >= 0.3 is 0 Å². The molecule has 0 saturated carbocycles. The van der Waals surface area contributed by atoms with E-state index in [1.54, 1.807) is 26.0 Å². The van der Waals surface area contributed by atoms with E-state index in [1.165, 1.54) is 16.4 Å². The molecule has 190 valence electrons. The zero-order chi connectivity index (χ0) is 26.3. The highest BCUT2D eigenvalue weighted by molar-refractivity contribution is 7.90. The summed E-state index contributed by atoms with van der Waals surface area (Å²) in [5.41, 5.74) is 5.04. The number of nitrogens with zero attached hydrogens (tertiary/aromatic N) is 1. The number of sulfonamides is 1. The third-order valence-electron chi connectivity index (χ3n) is 6.76. The first-order valence-electron chi connectivity index (χ1n) is 11.9. The minimum absolute atomic E-state index is 0.144. The fourth-order valence-electron chi connectivity index (χ4n) is 5.05. The van der Waals surface area contributed by atoms with Gasteiger partial charge in [-0.3, -0.25) is 4.79 Å². The van der Waals surface area contributed by atoms with Gasteiger partial charge < -0.3 is 0 Å². The lowest BCUT2D eigenvalue weighted by atomic mass is 9.91. The number of carbonyl (C=O) groups excluding carboxylic acids is 1. The van der Waals surface area contributed by atoms with Crippen molar-refractivity contribution in [3.05, 3.63) is 94.0 Å². The Kier molecular flexibility index (Phi) is 7.23. The van der Waals surface area contributed by atoms with Crippen molar-refractivity contribution in [3.63, 3.8) is 0 Å². The Hall–Kier alpha value is -2.81. The minimum atomic E-state index is -3.94. The maximum atomic E-state index is 14.0. The molecule has 1 heterocycles. The van der Waals surface area contributed by atoms with Gasteiger partial charge in [0.05, 0.1) is 15.8 Å². The number of Topliss-reactive ketones (excluding diaryl/α,β-unsaturated/α-hetero) is 1. The van der Waals surface area contributed by atoms with Gasteiger partial charge in [-0.2, -0.15) is 4.31 Å². The van der Waals surface area contributed by atoms with E-state index >= 15 is 0 Å². The molecule has 0 aliphatic carbocycles. The summed E-state index contributed by atoms with van der Waals surface area (Å²) in [4.78, 5) is 14.0. The van der Waals surface area contributed by atoms with Gasteiger partial charge in [-0.05, 0) is 73.6 Å². The average Bonchev–Trinajstić information content (AvgIpc) is 2.80. The molecule has 36 heavy (non-hydrogen) atoms. The topological polar surface area (TPSA) is 88.6 Å². The number of carbonyl (C=O) groups is 1. The normalized spacial score (nSPS) is 16.5. The van der Waals surface area contributed by atoms with E-state index in [2.05, 4.69) is 0 Å². The van der Waals surface area contributed by atoms with E-state index in [0.29, 0.717) is 24.0 Å². The smallest absolute Gasteiger partial charge is 0.244 e. The molecule has 0 amide bonds. The van der Waals surface area contributed by atoms with Crippen LogP contribution in [0.15, 0.2) is 70.5 Å². The number of aryl methyl sites for hydroxylation is 4. The summed E-state index contributed by atoms with van der Waals surface area (Å²) >= 11 is 0. The maximum Gasteiger partial charge on any atom is 0.244 e. The van der Waals surface area contributed by atoms with Crippen LogP contribution < -0.4 is 0 Å². The highest BCUT2D eigenvalue weighted by Crippen LogP contribution is 2.33. The number of rotatable bonds is 7. The molecular formula is C28H31NO5S2. The van der Waals surface area contributed by atoms with Crippen molar-refractivity contribution in [3.8, 4) is 0 Å². The lowest BCUT2D eigenvalue weighted by Gasteiger charge is -2.36. The maximum absolute atomic E-state index is 14.0. The first-order chi connectivity index (χ1) is 16.9. The van der Waals surface area contributed by atoms with Crippen LogP contribution in [0.1, 0.15) is 39.8 Å². The molecule has 8 heteroatoms. The van der Waals surface area contributed by atoms with Crippen LogP contribution in [0, 0.1) is 20.8 Å². The predicted molar refractivity (Wildman–Crippen MR) is 140 cm³/mol. The monoisotopic (exact) mass is 525 g/mol. The van der Waals surface area contributed by atoms with Crippen molar-refractivity contribution in [2.45, 2.75) is 62.4 Å². The number of sulfone groups is 1. The van der Waals surface area contributed by atoms with Gasteiger partial charge in [-0.25, -0.2) is 16.8 Å². The molecule has 0 N–H and O–H groups in total. The fourth-order valence-corrected chi connectivity index (χ4v) is 7.69. The van der Waals surface area contributed by atoms with E-state index in [0.717, 1.165) is 28.5 Å². The third kappa shape index (κ3) is 5.31. The van der Waals surface area contributed by atoms with Crippen molar-refractivity contribution < 1.29 is 21.6 Å². The molecule has 1 unspecified atom stereocenters. The summed E-state index contributed by atoms with van der Waals surface area (Å²) in [7, 11) is -7.23. The standard InChI is InChI=1S/C28H31NO5S2/c1-19-15-20(2)28(21(3)16-19)36(33,34)29-18-24-8-6-5-7-23(24)17-26(29)27(30)14-11-22-9-12-25(13-10-22)35(4,31)32/h5-10,12-13,15-16,26H,11,14,17-18H2,1-4H3. The van der Waals surface area contributed by atoms with Crippen LogP contribution in [0.2, 0.25) is 0 Å². The van der Waals surface area contributed by atoms with Crippen molar-refractivity contribution in [1.29, 1.82) is 0 Å². The summed E-state index contributed by atoms with van der Waals surface area (Å²) in [5.74, 6) is -0.150. The van der Waals surface area contributed by atoms with Crippen LogP contribution in [-0.2, 0) is 44.0 Å². The zero-order valence-electron chi connectivity index (χ0n) is 21.0. The lowest BCUT2D eigenvalue weighted by molar-refractivity contribution is -0.123. The van der Waals surface area contributed by atoms with Gasteiger partial charge in [0.15, 0.2) is 15.6 Å². The summed E-state index contributed by atoms with van der Waals surface area (Å²) in [6.45, 7) is 5.66. The summed E-state index contributed by atoms with van der Waals surface area (Å²) < 4.78 is 52.8. The molecule has 4 rings (SSSR count). The molecular weight excluding hydrogens is 494 g/mol. The summed E-state index contributed by atoms with van der Waals surface area (Å²) in [6.07, 6.45) is 2.03. The second-order valence-corrected chi connectivity index (χ2v) is 13.5. The van der Waals surface area contributed by atoms with Crippen LogP contribution in [0.25, 0.3) is 0 Å². The van der Waals surface area contributed by atoms with Crippen LogP contribution in [0.5, 0.6) is 0 Å². The van der Waals surface area contributed by atoms with Gasteiger partial charge in [-0.15, -0.1) is 0 Å². The molecule has 0 fully saturated rings. The molecule has 0 radical (unpaired) electrons. The van der Waals surface area contributed by atoms with E-state index < -0.39 is 25.9 Å². The molecule has 1 atom stereocenters. The highest BCUT2D eigenvalue weighted by Gasteiger charge is 2.40. The number of ketones is 1. The van der Waals surface area contributed by atoms with Crippen molar-refractivity contribution in [1.82, 2.24) is 4.31 Å². The van der Waals surface area contributed by atoms with E-state index in [9.17, 15) is 21.6 Å². The number of hydrogen-bond acceptors (Lipinski definition) is 5. The molecule has 3 aromatic carbocycles. The third-order valence-corrected chi connectivity index (χ3v) is 10.0. The van der Waals surface area contributed by atoms with Gasteiger partial charge in [0, 0.05) is 19.2 Å². The van der Waals surface area contributed by atoms with Crippen LogP contribution in [-0.4, -0.2) is 39.2 Å². The van der Waals surface area contributed by atoms with E-state index in [4.69, 9.17) is 0 Å². The minimum Gasteiger partial charge on any atom is -0.298 e. The Balaban J connectivity index is 1.65. The molecule has 1 aliphatic heterocycles. The van der Waals surface area contributed by atoms with Crippen LogP contribution in [0.3, 0.4) is 0 Å². The molecule has 0 spiro atoms. The first-order valence-corrected chi connectivity index (χ1v) is 15.2. The summed E-state index contributed by atoms with van der Waals surface area (Å²) in [5, 5.41) is 0. The first kappa shape index (κ1) is 26.3. The largest absolute Gasteiger partial charge is 0.298 e. The van der Waals surface area contributed by atoms with Crippen LogP contribution >= 0.6 is 0 Å². The highest BCUT2D eigenvalue weighted by atomic mass is 32.2. The van der Waals surface area contributed by atoms with Crippen molar-refractivity contribution in [2.24, 2.45) is 0 Å². The van der Waals surface area contributed by atoms with Gasteiger partial charge in [0.1, 0.15) is 0 Å². The van der Waals surface area contributed by atoms with Gasteiger partial charge in [0.25, 0.3) is 0 Å². The Morgan fingerprint density at radius 2 is 1.47 bits per heavy atom. The molecule has 0 aromatic heterocycles. The van der Waals surface area contributed by atoms with E-state index in [-0.39, 0.29) is 28.5 Å². The Morgan fingerprint density at radius 3 is 2.06 bits per heavy atom. The predicted octanol–water partition coefficient (Wildman–Crippen LogP) is 4.33. The second-order valence-electron chi connectivity index (χ2n) is 9.65. The zero-order valence-corrected chi connectivity index (χ0v) is 22.6. The van der Waals surface area contributed by atoms with Gasteiger partial charge in [0.2, 0.25) is 10.0 Å². The van der Waals surface area contributed by atoms with Crippen molar-refractivity contribution in [2.75, 3.05) is 6.26 Å². The molecule has 0 saturated heterocycles. The number of fused-ring (bicyclic) bond motifs is 1.